The van der Waals surface area contributed by atoms with Crippen LogP contribution in [0.4, 0.5) is 4.39 Å². The van der Waals surface area contributed by atoms with Crippen molar-refractivity contribution in [1.82, 2.24) is 10.6 Å². The Morgan fingerprint density at radius 2 is 2.50 bits per heavy atom. The predicted molar refractivity (Wildman–Crippen MR) is 50.6 cm³/mol. The predicted octanol–water partition coefficient (Wildman–Crippen LogP) is -0.425. The number of nitrogens with one attached hydrogen (secondary N) is 2. The monoisotopic (exact) mass is 204 g/mol. The minimum Gasteiger partial charge on any atom is -0.393 e. The van der Waals surface area contributed by atoms with Crippen molar-refractivity contribution >= 4 is 5.91 Å². The van der Waals surface area contributed by atoms with E-state index in [1.54, 1.807) is 6.92 Å². The van der Waals surface area contributed by atoms with Crippen LogP contribution in [-0.4, -0.2) is 42.4 Å². The number of alkyl halides is 1. The van der Waals surface area contributed by atoms with E-state index in [1.807, 2.05) is 0 Å². The first-order chi connectivity index (χ1) is 6.54. The number of carbonyl (C=O) groups is 1. The number of aliphatic hydroxyl groups excluding tert-OH is 1. The van der Waals surface area contributed by atoms with Crippen LogP contribution in [0.15, 0.2) is 0 Å². The van der Waals surface area contributed by atoms with Crippen LogP contribution in [0, 0.1) is 0 Å². The lowest BCUT2D eigenvalue weighted by Gasteiger charge is -2.17. The fourth-order valence-corrected chi connectivity index (χ4v) is 1.41. The zero-order valence-corrected chi connectivity index (χ0v) is 8.35. The molecule has 0 aromatic heterocycles. The van der Waals surface area contributed by atoms with E-state index in [-0.39, 0.29) is 13.0 Å². The van der Waals surface area contributed by atoms with E-state index >= 15 is 0 Å². The van der Waals surface area contributed by atoms with Gasteiger partial charge in [0.2, 0.25) is 5.67 Å². The standard InChI is InChI=1S/C9H17FN2O2/c1-7(13)2-4-12-8(14)9(10)3-5-11-6-9/h7,11,13H,2-6H2,1H3,(H,12,14). The highest BCUT2D eigenvalue weighted by Crippen LogP contribution is 2.19. The molecule has 3 N–H and O–H groups in total. The summed E-state index contributed by atoms with van der Waals surface area (Å²) < 4.78 is 13.7. The molecule has 0 saturated carbocycles. The SMILES string of the molecule is CC(O)CCNC(=O)C1(F)CCNC1. The van der Waals surface area contributed by atoms with Gasteiger partial charge in [0.25, 0.3) is 5.91 Å². The van der Waals surface area contributed by atoms with Gasteiger partial charge in [-0.2, -0.15) is 0 Å². The van der Waals surface area contributed by atoms with Gasteiger partial charge in [-0.25, -0.2) is 4.39 Å². The molecule has 0 spiro atoms. The van der Waals surface area contributed by atoms with E-state index in [0.717, 1.165) is 0 Å². The Hall–Kier alpha value is -0.680. The number of hydrogen-bond donors (Lipinski definition) is 3. The second-order valence-corrected chi connectivity index (χ2v) is 3.79. The van der Waals surface area contributed by atoms with Gasteiger partial charge in [0, 0.05) is 19.5 Å². The van der Waals surface area contributed by atoms with E-state index in [1.165, 1.54) is 0 Å². The Bertz CT molecular complexity index is 203. The average Bonchev–Trinajstić information content (AvgIpc) is 2.52. The van der Waals surface area contributed by atoms with Crippen LogP contribution in [0.2, 0.25) is 0 Å². The van der Waals surface area contributed by atoms with Crippen LogP contribution < -0.4 is 10.6 Å². The second-order valence-electron chi connectivity index (χ2n) is 3.79. The maximum atomic E-state index is 13.7. The fourth-order valence-electron chi connectivity index (χ4n) is 1.41. The van der Waals surface area contributed by atoms with Crippen molar-refractivity contribution in [2.45, 2.75) is 31.5 Å². The molecule has 5 heteroatoms. The van der Waals surface area contributed by atoms with Crippen LogP contribution in [-0.2, 0) is 4.79 Å². The molecule has 1 fully saturated rings. The van der Waals surface area contributed by atoms with Crippen molar-refractivity contribution in [3.05, 3.63) is 0 Å². The molecule has 0 radical (unpaired) electrons. The third-order valence-corrected chi connectivity index (χ3v) is 2.36. The molecular weight excluding hydrogens is 187 g/mol. The summed E-state index contributed by atoms with van der Waals surface area (Å²) >= 11 is 0. The molecule has 14 heavy (non-hydrogen) atoms. The number of carbonyl (C=O) groups excluding carboxylic acids is 1. The Morgan fingerprint density at radius 1 is 1.79 bits per heavy atom. The van der Waals surface area contributed by atoms with E-state index in [4.69, 9.17) is 5.11 Å². The van der Waals surface area contributed by atoms with Gasteiger partial charge in [-0.15, -0.1) is 0 Å². The Kier molecular flexibility index (Phi) is 3.83. The van der Waals surface area contributed by atoms with E-state index in [9.17, 15) is 9.18 Å². The van der Waals surface area contributed by atoms with Crippen molar-refractivity contribution in [3.8, 4) is 0 Å². The molecule has 2 unspecified atom stereocenters. The fraction of sp³-hybridized carbons (Fsp3) is 0.889. The third kappa shape index (κ3) is 2.92. The van der Waals surface area contributed by atoms with Gasteiger partial charge in [-0.05, 0) is 19.9 Å². The summed E-state index contributed by atoms with van der Waals surface area (Å²) in [6.07, 6.45) is 0.218. The summed E-state index contributed by atoms with van der Waals surface area (Å²) in [7, 11) is 0. The van der Waals surface area contributed by atoms with Gasteiger partial charge in [-0.3, -0.25) is 4.79 Å². The van der Waals surface area contributed by atoms with Crippen molar-refractivity contribution in [2.75, 3.05) is 19.6 Å². The molecule has 0 aromatic carbocycles. The molecule has 1 heterocycles. The van der Waals surface area contributed by atoms with E-state index in [0.29, 0.717) is 19.5 Å². The lowest BCUT2D eigenvalue weighted by Crippen LogP contribution is -2.45. The van der Waals surface area contributed by atoms with Crippen LogP contribution >= 0.6 is 0 Å². The molecular formula is C9H17FN2O2. The molecule has 2 atom stereocenters. The Labute approximate surface area is 82.9 Å². The van der Waals surface area contributed by atoms with Crippen LogP contribution in [0.5, 0.6) is 0 Å². The smallest absolute Gasteiger partial charge is 0.259 e. The van der Waals surface area contributed by atoms with Crippen LogP contribution in [0.25, 0.3) is 0 Å². The third-order valence-electron chi connectivity index (χ3n) is 2.36. The number of aliphatic hydroxyl groups is 1. The van der Waals surface area contributed by atoms with Crippen molar-refractivity contribution in [1.29, 1.82) is 0 Å². The van der Waals surface area contributed by atoms with Crippen molar-refractivity contribution in [2.24, 2.45) is 0 Å². The minimum atomic E-state index is -1.75. The van der Waals surface area contributed by atoms with Crippen molar-refractivity contribution in [3.63, 3.8) is 0 Å². The molecule has 1 saturated heterocycles. The summed E-state index contributed by atoms with van der Waals surface area (Å²) in [6, 6.07) is 0. The summed E-state index contributed by atoms with van der Waals surface area (Å²) in [5, 5.41) is 14.2. The lowest BCUT2D eigenvalue weighted by molar-refractivity contribution is -0.131. The zero-order valence-electron chi connectivity index (χ0n) is 8.35. The molecule has 0 aromatic rings. The maximum Gasteiger partial charge on any atom is 0.259 e. The van der Waals surface area contributed by atoms with Gasteiger partial charge in [0.15, 0.2) is 0 Å². The maximum absolute atomic E-state index is 13.7. The van der Waals surface area contributed by atoms with Crippen LogP contribution in [0.1, 0.15) is 19.8 Å². The molecule has 0 bridgehead atoms. The van der Waals surface area contributed by atoms with Gasteiger partial charge in [0.05, 0.1) is 6.10 Å². The van der Waals surface area contributed by atoms with Gasteiger partial charge in [0.1, 0.15) is 0 Å². The van der Waals surface area contributed by atoms with Crippen LogP contribution in [0.3, 0.4) is 0 Å². The van der Waals surface area contributed by atoms with E-state index in [2.05, 4.69) is 10.6 Å². The van der Waals surface area contributed by atoms with Gasteiger partial charge < -0.3 is 15.7 Å². The number of amides is 1. The quantitative estimate of drug-likeness (QED) is 0.582. The zero-order chi connectivity index (χ0) is 10.6. The molecule has 1 aliphatic rings. The molecule has 1 rings (SSSR count). The number of halogens is 1. The molecule has 0 aliphatic carbocycles. The Morgan fingerprint density at radius 3 is 3.00 bits per heavy atom. The number of rotatable bonds is 4. The summed E-state index contributed by atoms with van der Waals surface area (Å²) in [4.78, 5) is 11.3. The summed E-state index contributed by atoms with van der Waals surface area (Å²) in [5.74, 6) is -0.567. The normalized spacial score (nSPS) is 28.8. The Balaban J connectivity index is 2.27. The molecule has 4 nitrogen and oxygen atoms in total. The number of hydrogen-bond acceptors (Lipinski definition) is 3. The molecule has 82 valence electrons. The topological polar surface area (TPSA) is 61.4 Å². The second kappa shape index (κ2) is 4.70. The van der Waals surface area contributed by atoms with E-state index < -0.39 is 17.7 Å². The first-order valence-electron chi connectivity index (χ1n) is 4.90. The summed E-state index contributed by atoms with van der Waals surface area (Å²) in [6.45, 7) is 2.59. The average molecular weight is 204 g/mol. The van der Waals surface area contributed by atoms with Gasteiger partial charge >= 0.3 is 0 Å². The lowest BCUT2D eigenvalue weighted by atomic mass is 10.0. The van der Waals surface area contributed by atoms with Gasteiger partial charge in [-0.1, -0.05) is 0 Å². The highest BCUT2D eigenvalue weighted by Gasteiger charge is 2.41. The largest absolute Gasteiger partial charge is 0.393 e. The molecule has 1 amide bonds. The first kappa shape index (κ1) is 11.4. The highest BCUT2D eigenvalue weighted by molar-refractivity contribution is 5.85. The molecule has 1 aliphatic heterocycles. The summed E-state index contributed by atoms with van der Waals surface area (Å²) in [5.41, 5.74) is -1.75. The van der Waals surface area contributed by atoms with Crippen molar-refractivity contribution < 1.29 is 14.3 Å². The minimum absolute atomic E-state index is 0.0908. The highest BCUT2D eigenvalue weighted by atomic mass is 19.1. The first-order valence-corrected chi connectivity index (χ1v) is 4.90.